The van der Waals surface area contributed by atoms with E-state index >= 15 is 0 Å². The van der Waals surface area contributed by atoms with E-state index in [1.807, 2.05) is 29.6 Å². The lowest BCUT2D eigenvalue weighted by Gasteiger charge is -2.29. The first-order valence-electron chi connectivity index (χ1n) is 9.06. The number of alkyl halides is 3. The van der Waals surface area contributed by atoms with Gasteiger partial charge in [0.25, 0.3) is 11.6 Å². The van der Waals surface area contributed by atoms with E-state index in [9.17, 15) is 22.8 Å². The maximum absolute atomic E-state index is 13.9. The number of imide groups is 1. The Kier molecular flexibility index (Phi) is 5.00. The molecule has 2 N–H and O–H groups in total. The highest BCUT2D eigenvalue weighted by Gasteiger charge is 2.68. The summed E-state index contributed by atoms with van der Waals surface area (Å²) in [6, 6.07) is -1.18. The molecule has 3 amide bonds. The molecule has 3 heterocycles. The Balaban J connectivity index is 1.51. The number of carbonyl (C=O) groups is 2. The van der Waals surface area contributed by atoms with Gasteiger partial charge in [0.1, 0.15) is 0 Å². The molecule has 158 valence electrons. The zero-order valence-electron chi connectivity index (χ0n) is 15.3. The third-order valence-electron chi connectivity index (χ3n) is 5.23. The van der Waals surface area contributed by atoms with Crippen molar-refractivity contribution in [2.45, 2.75) is 24.3 Å². The highest BCUT2D eigenvalue weighted by molar-refractivity contribution is 6.30. The summed E-state index contributed by atoms with van der Waals surface area (Å²) in [5, 5.41) is 3.77. The number of allylic oxidation sites excluding steroid dienone is 2. The number of hydrogen-bond acceptors (Lipinski definition) is 6. The molecular weight excluding hydrogens is 425 g/mol. The molecule has 1 fully saturated rings. The SMILES string of the molecule is O=C1NC(Nc2ncc(Cl)cn2)(C(F)(F)F)C(=O)N1CCC1C=NC2C=CC=CC12. The van der Waals surface area contributed by atoms with E-state index in [1.165, 1.54) is 0 Å². The number of aromatic nitrogens is 2. The summed E-state index contributed by atoms with van der Waals surface area (Å²) < 4.78 is 41.7. The van der Waals surface area contributed by atoms with E-state index < -0.39 is 29.7 Å². The van der Waals surface area contributed by atoms with Crippen LogP contribution in [-0.4, -0.2) is 57.4 Å². The van der Waals surface area contributed by atoms with Crippen molar-refractivity contribution in [1.82, 2.24) is 20.2 Å². The maximum atomic E-state index is 13.9. The fourth-order valence-electron chi connectivity index (χ4n) is 3.68. The van der Waals surface area contributed by atoms with Gasteiger partial charge in [0.15, 0.2) is 0 Å². The number of hydrogen-bond donors (Lipinski definition) is 2. The van der Waals surface area contributed by atoms with Crippen LogP contribution in [0.3, 0.4) is 0 Å². The van der Waals surface area contributed by atoms with Gasteiger partial charge >= 0.3 is 12.2 Å². The minimum atomic E-state index is -5.14. The van der Waals surface area contributed by atoms with Crippen LogP contribution in [0.25, 0.3) is 0 Å². The molecule has 1 aromatic heterocycles. The average Bonchev–Trinajstić information content (AvgIpc) is 3.21. The number of anilines is 1. The smallest absolute Gasteiger partial charge is 0.316 e. The molecule has 1 aromatic rings. The third kappa shape index (κ3) is 3.42. The summed E-state index contributed by atoms with van der Waals surface area (Å²) in [5.41, 5.74) is -3.36. The highest BCUT2D eigenvalue weighted by atomic mass is 35.5. The number of nitrogens with one attached hydrogen (secondary N) is 2. The largest absolute Gasteiger partial charge is 0.440 e. The van der Waals surface area contributed by atoms with Gasteiger partial charge in [-0.05, 0) is 6.42 Å². The molecule has 0 saturated carbocycles. The molecule has 0 radical (unpaired) electrons. The zero-order valence-corrected chi connectivity index (χ0v) is 16.1. The van der Waals surface area contributed by atoms with Gasteiger partial charge < -0.3 is 5.32 Å². The number of halogens is 4. The summed E-state index contributed by atoms with van der Waals surface area (Å²) in [7, 11) is 0. The molecular formula is C18H16ClF3N6O2. The summed E-state index contributed by atoms with van der Waals surface area (Å²) in [5.74, 6) is -2.00. The molecule has 4 atom stereocenters. The number of nitrogens with zero attached hydrogens (tertiary/aromatic N) is 4. The molecule has 3 aliphatic rings. The average molecular weight is 441 g/mol. The van der Waals surface area contributed by atoms with Crippen LogP contribution in [-0.2, 0) is 4.79 Å². The Hall–Kier alpha value is -2.95. The fraction of sp³-hybridized carbons (Fsp3) is 0.389. The molecule has 4 rings (SSSR count). The first kappa shape index (κ1) is 20.3. The summed E-state index contributed by atoms with van der Waals surface area (Å²) in [4.78, 5) is 37.3. The Morgan fingerprint density at radius 1 is 1.20 bits per heavy atom. The van der Waals surface area contributed by atoms with Crippen LogP contribution >= 0.6 is 11.6 Å². The number of aliphatic imine (C=N–C) groups is 1. The maximum Gasteiger partial charge on any atom is 0.440 e. The van der Waals surface area contributed by atoms with Crippen LogP contribution in [0.2, 0.25) is 5.02 Å². The van der Waals surface area contributed by atoms with Gasteiger partial charge in [-0.1, -0.05) is 35.9 Å². The predicted molar refractivity (Wildman–Crippen MR) is 102 cm³/mol. The van der Waals surface area contributed by atoms with Crippen LogP contribution in [0.15, 0.2) is 41.7 Å². The molecule has 0 spiro atoms. The normalized spacial score (nSPS) is 30.0. The number of carbonyl (C=O) groups excluding carboxylic acids is 2. The molecule has 12 heteroatoms. The first-order chi connectivity index (χ1) is 14.2. The van der Waals surface area contributed by atoms with Crippen molar-refractivity contribution in [2.24, 2.45) is 16.8 Å². The predicted octanol–water partition coefficient (Wildman–Crippen LogP) is 2.55. The second-order valence-electron chi connectivity index (χ2n) is 7.07. The van der Waals surface area contributed by atoms with Crippen molar-refractivity contribution in [2.75, 3.05) is 11.9 Å². The summed E-state index contributed by atoms with van der Waals surface area (Å²) >= 11 is 5.64. The molecule has 0 bridgehead atoms. The topological polar surface area (TPSA) is 99.6 Å². The van der Waals surface area contributed by atoms with Crippen LogP contribution in [0.4, 0.5) is 23.9 Å². The molecule has 1 aliphatic carbocycles. The second-order valence-corrected chi connectivity index (χ2v) is 7.51. The van der Waals surface area contributed by atoms with Gasteiger partial charge in [0.2, 0.25) is 5.95 Å². The molecule has 4 unspecified atom stereocenters. The second kappa shape index (κ2) is 7.38. The van der Waals surface area contributed by atoms with Gasteiger partial charge in [-0.25, -0.2) is 14.8 Å². The number of rotatable bonds is 5. The standard InChI is InChI=1S/C18H16ClF3N6O2/c19-11-8-24-15(25-9-11)26-17(18(20,21)22)14(29)28(16(30)27-17)6-5-10-7-23-13-4-2-1-3-12(10)13/h1-4,7-10,12-13H,5-6H2,(H,27,30)(H,24,25,26). The third-order valence-corrected chi connectivity index (χ3v) is 5.42. The van der Waals surface area contributed by atoms with Gasteiger partial charge in [-0.15, -0.1) is 0 Å². The van der Waals surface area contributed by atoms with Crippen LogP contribution < -0.4 is 10.6 Å². The van der Waals surface area contributed by atoms with Crippen molar-refractivity contribution >= 4 is 35.7 Å². The van der Waals surface area contributed by atoms with E-state index in [-0.39, 0.29) is 35.9 Å². The van der Waals surface area contributed by atoms with Crippen molar-refractivity contribution in [3.63, 3.8) is 0 Å². The number of amides is 3. The Morgan fingerprint density at radius 3 is 2.60 bits per heavy atom. The minimum Gasteiger partial charge on any atom is -0.316 e. The van der Waals surface area contributed by atoms with Crippen molar-refractivity contribution in [3.05, 3.63) is 41.7 Å². The molecule has 1 saturated heterocycles. The minimum absolute atomic E-state index is 0.0268. The Labute approximate surface area is 173 Å². The molecule has 0 aromatic carbocycles. The fourth-order valence-corrected chi connectivity index (χ4v) is 3.78. The van der Waals surface area contributed by atoms with Crippen LogP contribution in [0.1, 0.15) is 6.42 Å². The lowest BCUT2D eigenvalue weighted by molar-refractivity contribution is -0.188. The van der Waals surface area contributed by atoms with Crippen molar-refractivity contribution < 1.29 is 22.8 Å². The van der Waals surface area contributed by atoms with Gasteiger partial charge in [0.05, 0.1) is 23.5 Å². The van der Waals surface area contributed by atoms with E-state index in [2.05, 4.69) is 15.0 Å². The Morgan fingerprint density at radius 2 is 1.90 bits per heavy atom. The van der Waals surface area contributed by atoms with E-state index in [1.54, 1.807) is 11.5 Å². The number of urea groups is 1. The van der Waals surface area contributed by atoms with E-state index in [4.69, 9.17) is 11.6 Å². The highest BCUT2D eigenvalue weighted by Crippen LogP contribution is 2.37. The molecule has 30 heavy (non-hydrogen) atoms. The molecule has 8 nitrogen and oxygen atoms in total. The first-order valence-corrected chi connectivity index (χ1v) is 9.44. The van der Waals surface area contributed by atoms with Crippen molar-refractivity contribution in [3.8, 4) is 0 Å². The van der Waals surface area contributed by atoms with E-state index in [0.29, 0.717) is 4.90 Å². The van der Waals surface area contributed by atoms with E-state index in [0.717, 1.165) is 12.4 Å². The molecule has 2 aliphatic heterocycles. The van der Waals surface area contributed by atoms with Crippen molar-refractivity contribution in [1.29, 1.82) is 0 Å². The quantitative estimate of drug-likeness (QED) is 0.685. The summed E-state index contributed by atoms with van der Waals surface area (Å²) in [6.45, 7) is -0.191. The zero-order chi connectivity index (χ0) is 21.5. The van der Waals surface area contributed by atoms with Gasteiger partial charge in [0, 0.05) is 24.6 Å². The lowest BCUT2D eigenvalue weighted by Crippen LogP contribution is -2.64. The lowest BCUT2D eigenvalue weighted by atomic mass is 9.85. The van der Waals surface area contributed by atoms with Gasteiger partial charge in [-0.2, -0.15) is 13.2 Å². The summed E-state index contributed by atoms with van der Waals surface area (Å²) in [6.07, 6.45) is 6.66. The number of fused-ring (bicyclic) bond motifs is 1. The Bertz CT molecular complexity index is 948. The van der Waals surface area contributed by atoms with Crippen LogP contribution in [0, 0.1) is 11.8 Å². The van der Waals surface area contributed by atoms with Gasteiger partial charge in [-0.3, -0.25) is 20.0 Å². The monoisotopic (exact) mass is 440 g/mol. The van der Waals surface area contributed by atoms with Crippen LogP contribution in [0.5, 0.6) is 0 Å².